The number of nitrogens with one attached hydrogen (secondary N) is 1. The Morgan fingerprint density at radius 2 is 2.13 bits per heavy atom. The second-order valence-electron chi connectivity index (χ2n) is 4.14. The van der Waals surface area contributed by atoms with Crippen molar-refractivity contribution in [2.45, 2.75) is 32.2 Å². The van der Waals surface area contributed by atoms with Crippen LogP contribution >= 0.6 is 0 Å². The van der Waals surface area contributed by atoms with Crippen molar-refractivity contribution in [2.24, 2.45) is 5.92 Å². The third-order valence-electron chi connectivity index (χ3n) is 3.04. The summed E-state index contributed by atoms with van der Waals surface area (Å²) in [7, 11) is 0. The lowest BCUT2D eigenvalue weighted by atomic mass is 9.84. The van der Waals surface area contributed by atoms with E-state index in [0.717, 1.165) is 18.4 Å². The third kappa shape index (κ3) is 2.35. The molecule has 1 amide bonds. The number of rotatable bonds is 3. The summed E-state index contributed by atoms with van der Waals surface area (Å²) in [6, 6.07) is 3.96. The van der Waals surface area contributed by atoms with Crippen molar-refractivity contribution < 1.29 is 4.79 Å². The first-order valence-corrected chi connectivity index (χ1v) is 5.47. The van der Waals surface area contributed by atoms with Gasteiger partial charge in [-0.3, -0.25) is 9.78 Å². The summed E-state index contributed by atoms with van der Waals surface area (Å²) in [5.41, 5.74) is 1.11. The van der Waals surface area contributed by atoms with Gasteiger partial charge in [-0.25, -0.2) is 0 Å². The molecule has 0 saturated heterocycles. The zero-order valence-corrected chi connectivity index (χ0v) is 8.94. The first kappa shape index (κ1) is 10.1. The number of carbonyl (C=O) groups excluding carboxylic acids is 1. The molecule has 0 aliphatic heterocycles. The fourth-order valence-corrected chi connectivity index (χ4v) is 1.74. The lowest BCUT2D eigenvalue weighted by molar-refractivity contribution is -0.128. The van der Waals surface area contributed by atoms with Crippen molar-refractivity contribution in [3.8, 4) is 0 Å². The van der Waals surface area contributed by atoms with Crippen LogP contribution in [0.15, 0.2) is 24.5 Å². The van der Waals surface area contributed by atoms with E-state index in [1.807, 2.05) is 19.1 Å². The minimum atomic E-state index is 0.0844. The number of amides is 1. The first-order chi connectivity index (χ1) is 7.27. The summed E-state index contributed by atoms with van der Waals surface area (Å²) in [6.45, 7) is 2.01. The summed E-state index contributed by atoms with van der Waals surface area (Å²) in [6.07, 6.45) is 6.80. The highest BCUT2D eigenvalue weighted by Gasteiger charge is 2.26. The van der Waals surface area contributed by atoms with Gasteiger partial charge in [0.05, 0.1) is 6.04 Å². The largest absolute Gasteiger partial charge is 0.349 e. The van der Waals surface area contributed by atoms with Gasteiger partial charge >= 0.3 is 0 Å². The number of hydrogen-bond donors (Lipinski definition) is 1. The third-order valence-corrected chi connectivity index (χ3v) is 3.04. The molecule has 1 aromatic rings. The van der Waals surface area contributed by atoms with Crippen LogP contribution in [0.25, 0.3) is 0 Å². The van der Waals surface area contributed by atoms with Gasteiger partial charge in [-0.1, -0.05) is 6.42 Å². The standard InChI is InChI=1S/C12H16N2O/c1-9(10-5-7-13-8-6-10)14-12(15)11-3-2-4-11/h5-9,11H,2-4H2,1H3,(H,14,15)/t9-/m1/s1. The maximum absolute atomic E-state index is 11.7. The van der Waals surface area contributed by atoms with Crippen LogP contribution in [0.5, 0.6) is 0 Å². The smallest absolute Gasteiger partial charge is 0.223 e. The van der Waals surface area contributed by atoms with Gasteiger partial charge in [0, 0.05) is 18.3 Å². The number of hydrogen-bond acceptors (Lipinski definition) is 2. The van der Waals surface area contributed by atoms with Crippen molar-refractivity contribution in [3.05, 3.63) is 30.1 Å². The lowest BCUT2D eigenvalue weighted by Crippen LogP contribution is -2.35. The minimum Gasteiger partial charge on any atom is -0.349 e. The molecule has 0 aromatic carbocycles. The van der Waals surface area contributed by atoms with Gasteiger partial charge in [-0.15, -0.1) is 0 Å². The normalized spacial score (nSPS) is 17.9. The molecule has 0 bridgehead atoms. The molecule has 1 fully saturated rings. The fraction of sp³-hybridized carbons (Fsp3) is 0.500. The number of aromatic nitrogens is 1. The van der Waals surface area contributed by atoms with Gasteiger partial charge in [0.2, 0.25) is 5.91 Å². The maximum Gasteiger partial charge on any atom is 0.223 e. The highest BCUT2D eigenvalue weighted by molar-refractivity contribution is 5.79. The van der Waals surface area contributed by atoms with Crippen molar-refractivity contribution >= 4 is 5.91 Å². The van der Waals surface area contributed by atoms with Crippen LogP contribution in [-0.4, -0.2) is 10.9 Å². The molecule has 1 N–H and O–H groups in total. The van der Waals surface area contributed by atoms with Crippen LogP contribution in [0.4, 0.5) is 0 Å². The number of pyridine rings is 1. The van der Waals surface area contributed by atoms with E-state index in [9.17, 15) is 4.79 Å². The predicted molar refractivity (Wildman–Crippen MR) is 58.1 cm³/mol. The van der Waals surface area contributed by atoms with Crippen LogP contribution in [0.1, 0.15) is 37.8 Å². The molecule has 1 atom stereocenters. The maximum atomic E-state index is 11.7. The topological polar surface area (TPSA) is 42.0 Å². The lowest BCUT2D eigenvalue weighted by Gasteiger charge is -2.26. The molecular weight excluding hydrogens is 188 g/mol. The molecule has 1 heterocycles. The monoisotopic (exact) mass is 204 g/mol. The van der Waals surface area contributed by atoms with E-state index in [1.54, 1.807) is 12.4 Å². The van der Waals surface area contributed by atoms with Gasteiger partial charge in [0.1, 0.15) is 0 Å². The van der Waals surface area contributed by atoms with Gasteiger partial charge in [0.25, 0.3) is 0 Å². The summed E-state index contributed by atoms with van der Waals surface area (Å²) in [4.78, 5) is 15.6. The Kier molecular flexibility index (Phi) is 2.99. The predicted octanol–water partition coefficient (Wildman–Crippen LogP) is 2.06. The molecular formula is C12H16N2O. The number of nitrogens with zero attached hydrogens (tertiary/aromatic N) is 1. The highest BCUT2D eigenvalue weighted by Crippen LogP contribution is 2.27. The van der Waals surface area contributed by atoms with E-state index in [0.29, 0.717) is 0 Å². The summed E-state index contributed by atoms with van der Waals surface area (Å²) in [5, 5.41) is 3.03. The Labute approximate surface area is 89.9 Å². The van der Waals surface area contributed by atoms with Crippen molar-refractivity contribution in [1.29, 1.82) is 0 Å². The molecule has 80 valence electrons. The van der Waals surface area contributed by atoms with Crippen LogP contribution in [0.3, 0.4) is 0 Å². The SMILES string of the molecule is C[C@@H](NC(=O)C1CCC1)c1ccncc1. The summed E-state index contributed by atoms with van der Waals surface area (Å²) >= 11 is 0. The molecule has 1 saturated carbocycles. The van der Waals surface area contributed by atoms with Crippen molar-refractivity contribution in [1.82, 2.24) is 10.3 Å². The van der Waals surface area contributed by atoms with Gasteiger partial charge in [0.15, 0.2) is 0 Å². The Bertz CT molecular complexity index is 333. The average Bonchev–Trinajstić information content (AvgIpc) is 2.16. The zero-order chi connectivity index (χ0) is 10.7. The minimum absolute atomic E-state index is 0.0844. The second kappa shape index (κ2) is 4.43. The van der Waals surface area contributed by atoms with Crippen LogP contribution in [-0.2, 0) is 4.79 Å². The van der Waals surface area contributed by atoms with Crippen molar-refractivity contribution in [3.63, 3.8) is 0 Å². The Balaban J connectivity index is 1.91. The Morgan fingerprint density at radius 3 is 2.67 bits per heavy atom. The summed E-state index contributed by atoms with van der Waals surface area (Å²) in [5.74, 6) is 0.458. The first-order valence-electron chi connectivity index (χ1n) is 5.47. The molecule has 0 unspecified atom stereocenters. The van der Waals surface area contributed by atoms with E-state index in [2.05, 4.69) is 10.3 Å². The molecule has 3 heteroatoms. The highest BCUT2D eigenvalue weighted by atomic mass is 16.1. The molecule has 15 heavy (non-hydrogen) atoms. The van der Waals surface area contributed by atoms with Crippen LogP contribution in [0.2, 0.25) is 0 Å². The zero-order valence-electron chi connectivity index (χ0n) is 8.94. The van der Waals surface area contributed by atoms with E-state index in [1.165, 1.54) is 6.42 Å². The second-order valence-corrected chi connectivity index (χ2v) is 4.14. The van der Waals surface area contributed by atoms with Gasteiger partial charge < -0.3 is 5.32 Å². The van der Waals surface area contributed by atoms with E-state index >= 15 is 0 Å². The quantitative estimate of drug-likeness (QED) is 0.818. The van der Waals surface area contributed by atoms with E-state index < -0.39 is 0 Å². The van der Waals surface area contributed by atoms with Crippen LogP contribution < -0.4 is 5.32 Å². The molecule has 2 rings (SSSR count). The molecule has 0 spiro atoms. The average molecular weight is 204 g/mol. The van der Waals surface area contributed by atoms with E-state index in [4.69, 9.17) is 0 Å². The van der Waals surface area contributed by atoms with Crippen LogP contribution in [0, 0.1) is 5.92 Å². The Hall–Kier alpha value is -1.38. The Morgan fingerprint density at radius 1 is 1.47 bits per heavy atom. The molecule has 1 aliphatic rings. The van der Waals surface area contributed by atoms with Gasteiger partial charge in [-0.05, 0) is 37.5 Å². The van der Waals surface area contributed by atoms with Gasteiger partial charge in [-0.2, -0.15) is 0 Å². The molecule has 3 nitrogen and oxygen atoms in total. The van der Waals surface area contributed by atoms with Crippen molar-refractivity contribution in [2.75, 3.05) is 0 Å². The molecule has 1 aromatic heterocycles. The number of carbonyl (C=O) groups is 1. The fourth-order valence-electron chi connectivity index (χ4n) is 1.74. The van der Waals surface area contributed by atoms with E-state index in [-0.39, 0.29) is 17.9 Å². The summed E-state index contributed by atoms with van der Waals surface area (Å²) < 4.78 is 0. The molecule has 1 aliphatic carbocycles. The molecule has 0 radical (unpaired) electrons.